The van der Waals surface area contributed by atoms with E-state index >= 15 is 0 Å². The third-order valence-electron chi connectivity index (χ3n) is 2.83. The maximum absolute atomic E-state index is 9.15. The minimum Gasteiger partial charge on any atom is -0.354 e. The van der Waals surface area contributed by atoms with Crippen LogP contribution in [0.1, 0.15) is 16.7 Å². The largest absolute Gasteiger partial charge is 0.354 e. The van der Waals surface area contributed by atoms with E-state index in [0.29, 0.717) is 5.56 Å². The lowest BCUT2D eigenvalue weighted by atomic mass is 10.1. The van der Waals surface area contributed by atoms with Crippen LogP contribution in [0, 0.1) is 25.2 Å². The molecule has 0 bridgehead atoms. The molecule has 2 aromatic carbocycles. The number of nitrogens with one attached hydrogen (secondary N) is 1. The standard InChI is InChI=1S/C15H13BrN2/c1-10-6-7-15(12(8-10)9-17)18-14-5-3-4-13(16)11(14)2/h3-8,18H,1-2H3. The van der Waals surface area contributed by atoms with Crippen molar-refractivity contribution in [1.82, 2.24) is 0 Å². The first-order chi connectivity index (χ1) is 8.61. The number of halogens is 1. The van der Waals surface area contributed by atoms with Gasteiger partial charge in [0.25, 0.3) is 0 Å². The van der Waals surface area contributed by atoms with Crippen LogP contribution in [-0.2, 0) is 0 Å². The highest BCUT2D eigenvalue weighted by Gasteiger charge is 2.05. The van der Waals surface area contributed by atoms with Crippen molar-refractivity contribution in [3.05, 3.63) is 57.6 Å². The molecule has 0 unspecified atom stereocenters. The topological polar surface area (TPSA) is 35.8 Å². The van der Waals surface area contributed by atoms with Crippen LogP contribution in [0.2, 0.25) is 0 Å². The van der Waals surface area contributed by atoms with Gasteiger partial charge in [-0.2, -0.15) is 5.26 Å². The Kier molecular flexibility index (Phi) is 3.69. The van der Waals surface area contributed by atoms with Crippen LogP contribution in [-0.4, -0.2) is 0 Å². The van der Waals surface area contributed by atoms with E-state index in [1.807, 2.05) is 50.2 Å². The molecule has 0 aliphatic carbocycles. The summed E-state index contributed by atoms with van der Waals surface area (Å²) < 4.78 is 1.05. The van der Waals surface area contributed by atoms with Crippen molar-refractivity contribution >= 4 is 27.3 Å². The Bertz CT molecular complexity index is 627. The van der Waals surface area contributed by atoms with Crippen LogP contribution in [0.25, 0.3) is 0 Å². The van der Waals surface area contributed by atoms with Crippen molar-refractivity contribution in [2.75, 3.05) is 5.32 Å². The number of hydrogen-bond donors (Lipinski definition) is 1. The van der Waals surface area contributed by atoms with Gasteiger partial charge in [0, 0.05) is 10.2 Å². The van der Waals surface area contributed by atoms with Crippen LogP contribution in [0.3, 0.4) is 0 Å². The Labute approximate surface area is 115 Å². The number of nitriles is 1. The fourth-order valence-corrected chi connectivity index (χ4v) is 2.11. The third-order valence-corrected chi connectivity index (χ3v) is 3.69. The summed E-state index contributed by atoms with van der Waals surface area (Å²) in [6.07, 6.45) is 0. The number of benzene rings is 2. The molecular formula is C15H13BrN2. The van der Waals surface area contributed by atoms with Crippen molar-refractivity contribution < 1.29 is 0 Å². The lowest BCUT2D eigenvalue weighted by molar-refractivity contribution is 1.37. The molecule has 0 fully saturated rings. The molecule has 3 heteroatoms. The van der Waals surface area contributed by atoms with Crippen molar-refractivity contribution in [3.8, 4) is 6.07 Å². The average molecular weight is 301 g/mol. The summed E-state index contributed by atoms with van der Waals surface area (Å²) in [6.45, 7) is 4.02. The van der Waals surface area contributed by atoms with Gasteiger partial charge in [0.05, 0.1) is 11.3 Å². The molecule has 0 saturated carbocycles. The van der Waals surface area contributed by atoms with Crippen LogP contribution >= 0.6 is 15.9 Å². The molecule has 0 saturated heterocycles. The third kappa shape index (κ3) is 2.55. The molecule has 2 aromatic rings. The van der Waals surface area contributed by atoms with Gasteiger partial charge in [0.2, 0.25) is 0 Å². The molecular weight excluding hydrogens is 288 g/mol. The maximum atomic E-state index is 9.15. The Morgan fingerprint density at radius 2 is 1.89 bits per heavy atom. The fourth-order valence-electron chi connectivity index (χ4n) is 1.75. The van der Waals surface area contributed by atoms with Gasteiger partial charge < -0.3 is 5.32 Å². The van der Waals surface area contributed by atoms with Crippen molar-refractivity contribution in [2.45, 2.75) is 13.8 Å². The van der Waals surface area contributed by atoms with E-state index in [2.05, 4.69) is 27.3 Å². The molecule has 0 atom stereocenters. The van der Waals surface area contributed by atoms with E-state index in [1.165, 1.54) is 0 Å². The van der Waals surface area contributed by atoms with E-state index in [-0.39, 0.29) is 0 Å². The van der Waals surface area contributed by atoms with Gasteiger partial charge in [0.1, 0.15) is 6.07 Å². The monoisotopic (exact) mass is 300 g/mol. The zero-order valence-corrected chi connectivity index (χ0v) is 11.9. The second-order valence-corrected chi connectivity index (χ2v) is 5.05. The van der Waals surface area contributed by atoms with Gasteiger partial charge in [-0.3, -0.25) is 0 Å². The van der Waals surface area contributed by atoms with Crippen molar-refractivity contribution in [2.24, 2.45) is 0 Å². The zero-order valence-electron chi connectivity index (χ0n) is 10.3. The molecule has 0 radical (unpaired) electrons. The Morgan fingerprint density at radius 1 is 1.11 bits per heavy atom. The minimum absolute atomic E-state index is 0.661. The molecule has 90 valence electrons. The van der Waals surface area contributed by atoms with E-state index in [4.69, 9.17) is 5.26 Å². The molecule has 18 heavy (non-hydrogen) atoms. The number of anilines is 2. The number of rotatable bonds is 2. The second kappa shape index (κ2) is 5.24. The lowest BCUT2D eigenvalue weighted by Crippen LogP contribution is -1.96. The Hall–Kier alpha value is -1.79. The van der Waals surface area contributed by atoms with Gasteiger partial charge in [0.15, 0.2) is 0 Å². The van der Waals surface area contributed by atoms with Gasteiger partial charge in [-0.15, -0.1) is 0 Å². The number of hydrogen-bond acceptors (Lipinski definition) is 2. The minimum atomic E-state index is 0.661. The highest BCUT2D eigenvalue weighted by molar-refractivity contribution is 9.10. The first kappa shape index (κ1) is 12.7. The molecule has 2 rings (SSSR count). The SMILES string of the molecule is Cc1ccc(Nc2cccc(Br)c2C)c(C#N)c1. The molecule has 0 heterocycles. The summed E-state index contributed by atoms with van der Waals surface area (Å²) in [5, 5.41) is 12.5. The second-order valence-electron chi connectivity index (χ2n) is 4.20. The van der Waals surface area contributed by atoms with Crippen molar-refractivity contribution in [1.29, 1.82) is 5.26 Å². The van der Waals surface area contributed by atoms with E-state index in [9.17, 15) is 0 Å². The summed E-state index contributed by atoms with van der Waals surface area (Å²) in [5.41, 5.74) is 4.72. The fraction of sp³-hybridized carbons (Fsp3) is 0.133. The molecule has 0 amide bonds. The van der Waals surface area contributed by atoms with Crippen LogP contribution < -0.4 is 5.32 Å². The highest BCUT2D eigenvalue weighted by Crippen LogP contribution is 2.28. The molecule has 1 N–H and O–H groups in total. The predicted octanol–water partition coefficient (Wildman–Crippen LogP) is 4.68. The average Bonchev–Trinajstić information content (AvgIpc) is 2.37. The van der Waals surface area contributed by atoms with E-state index in [1.54, 1.807) is 0 Å². The Morgan fingerprint density at radius 3 is 2.61 bits per heavy atom. The molecule has 0 spiro atoms. The van der Waals surface area contributed by atoms with Gasteiger partial charge >= 0.3 is 0 Å². The summed E-state index contributed by atoms with van der Waals surface area (Å²) >= 11 is 3.50. The molecule has 0 aliphatic heterocycles. The number of nitrogens with zero attached hydrogens (tertiary/aromatic N) is 1. The smallest absolute Gasteiger partial charge is 0.101 e. The van der Waals surface area contributed by atoms with Crippen LogP contribution in [0.5, 0.6) is 0 Å². The summed E-state index contributed by atoms with van der Waals surface area (Å²) in [7, 11) is 0. The first-order valence-corrected chi connectivity index (χ1v) is 6.44. The summed E-state index contributed by atoms with van der Waals surface area (Å²) in [6, 6.07) is 14.0. The Balaban J connectivity index is 2.41. The lowest BCUT2D eigenvalue weighted by Gasteiger charge is -2.12. The maximum Gasteiger partial charge on any atom is 0.101 e. The van der Waals surface area contributed by atoms with Gasteiger partial charge in [-0.25, -0.2) is 0 Å². The number of aryl methyl sites for hydroxylation is 1. The quantitative estimate of drug-likeness (QED) is 0.874. The van der Waals surface area contributed by atoms with Crippen LogP contribution in [0.4, 0.5) is 11.4 Å². The summed E-state index contributed by atoms with van der Waals surface area (Å²) in [4.78, 5) is 0. The normalized spacial score (nSPS) is 9.89. The van der Waals surface area contributed by atoms with Gasteiger partial charge in [-0.1, -0.05) is 28.1 Å². The van der Waals surface area contributed by atoms with Crippen molar-refractivity contribution in [3.63, 3.8) is 0 Å². The summed E-state index contributed by atoms with van der Waals surface area (Å²) in [5.74, 6) is 0. The first-order valence-electron chi connectivity index (χ1n) is 5.64. The highest BCUT2D eigenvalue weighted by atomic mass is 79.9. The zero-order chi connectivity index (χ0) is 13.1. The molecule has 2 nitrogen and oxygen atoms in total. The van der Waals surface area contributed by atoms with E-state index in [0.717, 1.165) is 27.0 Å². The molecule has 0 aromatic heterocycles. The van der Waals surface area contributed by atoms with Crippen LogP contribution in [0.15, 0.2) is 40.9 Å². The van der Waals surface area contributed by atoms with E-state index < -0.39 is 0 Å². The molecule has 0 aliphatic rings. The predicted molar refractivity (Wildman–Crippen MR) is 78.1 cm³/mol. The van der Waals surface area contributed by atoms with Gasteiger partial charge in [-0.05, 0) is 49.2 Å².